The number of carbonyl (C=O) groups is 3. The molecule has 0 aromatic rings. The minimum absolute atomic E-state index is 0.0116. The molecule has 8 heteroatoms. The number of esters is 1. The molecule has 36 heavy (non-hydrogen) atoms. The molecule has 0 aliphatic heterocycles. The Morgan fingerprint density at radius 2 is 1.94 bits per heavy atom. The summed E-state index contributed by atoms with van der Waals surface area (Å²) in [5.41, 5.74) is -3.58. The van der Waals surface area contributed by atoms with Gasteiger partial charge in [0, 0.05) is 23.2 Å². The number of allylic oxidation sites excluding steroid dienone is 4. The van der Waals surface area contributed by atoms with Crippen molar-refractivity contribution in [3.8, 4) is 0 Å². The lowest BCUT2D eigenvalue weighted by atomic mass is 9.45. The van der Waals surface area contributed by atoms with Gasteiger partial charge in [0.2, 0.25) is 11.6 Å². The molecular formula is C28H37ClF2O5. The third-order valence-corrected chi connectivity index (χ3v) is 11.0. The van der Waals surface area contributed by atoms with E-state index in [1.807, 2.05) is 13.8 Å². The lowest BCUT2D eigenvalue weighted by molar-refractivity contribution is -0.202. The molecule has 200 valence electrons. The van der Waals surface area contributed by atoms with Crippen LogP contribution in [-0.2, 0) is 19.1 Å². The average Bonchev–Trinajstić information content (AvgIpc) is 3.04. The van der Waals surface area contributed by atoms with Crippen molar-refractivity contribution in [3.05, 3.63) is 23.6 Å². The van der Waals surface area contributed by atoms with Gasteiger partial charge in [-0.25, -0.2) is 8.78 Å². The second kappa shape index (κ2) is 9.30. The normalized spacial score (nSPS) is 43.6. The van der Waals surface area contributed by atoms with E-state index < -0.39 is 63.4 Å². The summed E-state index contributed by atoms with van der Waals surface area (Å²) in [7, 11) is 0. The van der Waals surface area contributed by atoms with E-state index in [1.54, 1.807) is 19.9 Å². The van der Waals surface area contributed by atoms with Crippen molar-refractivity contribution in [3.63, 3.8) is 0 Å². The first-order valence-electron chi connectivity index (χ1n) is 13.2. The first-order valence-corrected chi connectivity index (χ1v) is 13.5. The third kappa shape index (κ3) is 3.44. The molecule has 0 aromatic carbocycles. The van der Waals surface area contributed by atoms with Crippen molar-refractivity contribution in [2.45, 2.75) is 95.6 Å². The van der Waals surface area contributed by atoms with Crippen LogP contribution in [0.15, 0.2) is 23.6 Å². The molecule has 3 fully saturated rings. The van der Waals surface area contributed by atoms with Gasteiger partial charge in [-0.1, -0.05) is 46.6 Å². The Morgan fingerprint density at radius 3 is 2.58 bits per heavy atom. The Morgan fingerprint density at radius 1 is 1.25 bits per heavy atom. The molecule has 0 spiro atoms. The van der Waals surface area contributed by atoms with Gasteiger partial charge < -0.3 is 9.84 Å². The molecule has 0 radical (unpaired) electrons. The molecule has 5 nitrogen and oxygen atoms in total. The highest BCUT2D eigenvalue weighted by atomic mass is 35.5. The maximum absolute atomic E-state index is 15.0. The molecule has 0 amide bonds. The Labute approximate surface area is 216 Å². The standard InChI is InChI=1S/C28H37ClF2O5/c1-5-6-7-8-23(35)36-28(22(34)15-30)16(2)13-19-17-9-10-18-24(31)20(32)11-12-25(18,3)27(17,29)21(33)14-26(19,28)4/h11-12,16-17,19,21,33H,5-10,13-15H2,1-4H3/t16-,17-,19-,21-,25-,26-,27-,28+/m0/s1. The van der Waals surface area contributed by atoms with E-state index >= 15 is 0 Å². The molecule has 8 atom stereocenters. The molecule has 0 bridgehead atoms. The topological polar surface area (TPSA) is 80.7 Å². The Hall–Kier alpha value is -1.60. The van der Waals surface area contributed by atoms with Crippen LogP contribution in [0.1, 0.15) is 79.1 Å². The Kier molecular flexibility index (Phi) is 7.09. The van der Waals surface area contributed by atoms with Crippen LogP contribution in [0.5, 0.6) is 0 Å². The van der Waals surface area contributed by atoms with Gasteiger partial charge in [0.05, 0.1) is 11.0 Å². The maximum atomic E-state index is 15.0. The molecule has 4 rings (SSSR count). The number of ketones is 2. The van der Waals surface area contributed by atoms with Gasteiger partial charge >= 0.3 is 5.97 Å². The first kappa shape index (κ1) is 27.4. The Bertz CT molecular complexity index is 1030. The molecule has 0 aromatic heterocycles. The summed E-state index contributed by atoms with van der Waals surface area (Å²) < 4.78 is 35.0. The summed E-state index contributed by atoms with van der Waals surface area (Å²) in [6, 6.07) is 0. The predicted molar refractivity (Wildman–Crippen MR) is 132 cm³/mol. The van der Waals surface area contributed by atoms with Gasteiger partial charge in [-0.15, -0.1) is 11.6 Å². The monoisotopic (exact) mass is 526 g/mol. The molecule has 0 unspecified atom stereocenters. The van der Waals surface area contributed by atoms with Crippen LogP contribution in [0.25, 0.3) is 0 Å². The fourth-order valence-electron chi connectivity index (χ4n) is 8.33. The van der Waals surface area contributed by atoms with Crippen molar-refractivity contribution in [1.29, 1.82) is 0 Å². The van der Waals surface area contributed by atoms with E-state index in [4.69, 9.17) is 16.3 Å². The number of rotatable bonds is 7. The van der Waals surface area contributed by atoms with Crippen molar-refractivity contribution >= 4 is 29.1 Å². The summed E-state index contributed by atoms with van der Waals surface area (Å²) >= 11 is 7.35. The number of aliphatic hydroxyl groups excluding tert-OH is 1. The summed E-state index contributed by atoms with van der Waals surface area (Å²) in [4.78, 5) is 37.0. The number of carbonyl (C=O) groups excluding carboxylic acids is 3. The van der Waals surface area contributed by atoms with Crippen LogP contribution < -0.4 is 0 Å². The quantitative estimate of drug-likeness (QED) is 0.266. The zero-order valence-electron chi connectivity index (χ0n) is 21.5. The van der Waals surface area contributed by atoms with Crippen molar-refractivity contribution in [1.82, 2.24) is 0 Å². The minimum Gasteiger partial charge on any atom is -0.450 e. The van der Waals surface area contributed by atoms with Gasteiger partial charge in [0.15, 0.2) is 18.1 Å². The van der Waals surface area contributed by atoms with Crippen molar-refractivity contribution in [2.75, 3.05) is 6.67 Å². The average molecular weight is 527 g/mol. The van der Waals surface area contributed by atoms with Crippen LogP contribution in [0.4, 0.5) is 8.78 Å². The number of ether oxygens (including phenoxy) is 1. The van der Waals surface area contributed by atoms with E-state index in [1.165, 1.54) is 6.08 Å². The zero-order chi connectivity index (χ0) is 26.7. The number of unbranched alkanes of at least 4 members (excludes halogenated alkanes) is 2. The summed E-state index contributed by atoms with van der Waals surface area (Å²) in [5.74, 6) is -3.97. The summed E-state index contributed by atoms with van der Waals surface area (Å²) in [6.07, 6.45) is 5.20. The number of fused-ring (bicyclic) bond motifs is 5. The molecule has 3 saturated carbocycles. The van der Waals surface area contributed by atoms with E-state index in [-0.39, 0.29) is 31.1 Å². The highest BCUT2D eigenvalue weighted by molar-refractivity contribution is 6.26. The molecule has 1 N–H and O–H groups in total. The van der Waals surface area contributed by atoms with Gasteiger partial charge in [0.25, 0.3) is 0 Å². The lowest BCUT2D eigenvalue weighted by Crippen LogP contribution is -2.69. The minimum atomic E-state index is -1.71. The molecule has 0 saturated heterocycles. The van der Waals surface area contributed by atoms with Crippen LogP contribution in [0, 0.1) is 28.6 Å². The van der Waals surface area contributed by atoms with Gasteiger partial charge in [-0.3, -0.25) is 14.4 Å². The second-order valence-electron chi connectivity index (χ2n) is 11.7. The number of aliphatic hydroxyl groups is 1. The predicted octanol–water partition coefficient (Wildman–Crippen LogP) is 5.57. The fraction of sp³-hybridized carbons (Fsp3) is 0.750. The van der Waals surface area contributed by atoms with E-state index in [2.05, 4.69) is 0 Å². The van der Waals surface area contributed by atoms with E-state index in [9.17, 15) is 28.3 Å². The molecule has 0 heterocycles. The largest absolute Gasteiger partial charge is 0.450 e. The van der Waals surface area contributed by atoms with Crippen molar-refractivity contribution in [2.24, 2.45) is 28.6 Å². The number of halogens is 3. The molecular weight excluding hydrogens is 490 g/mol. The van der Waals surface area contributed by atoms with Crippen LogP contribution in [-0.4, -0.2) is 45.9 Å². The number of Topliss-reactive ketones (excluding diaryl/α,β-unsaturated/α-hetero) is 1. The number of alkyl halides is 2. The van der Waals surface area contributed by atoms with Gasteiger partial charge in [-0.05, 0) is 55.6 Å². The van der Waals surface area contributed by atoms with E-state index in [0.717, 1.165) is 12.8 Å². The SMILES string of the molecule is CCCCCC(=O)O[C@@]1(C(=O)CF)[C@@H](C)C[C@H]2[C@@H]3CCC4=C(F)C(=O)C=C[C@]4(C)[C@@]3(Cl)[C@@H](O)C[C@@]21C. The molecule has 4 aliphatic rings. The maximum Gasteiger partial charge on any atom is 0.306 e. The summed E-state index contributed by atoms with van der Waals surface area (Å²) in [6.45, 7) is 6.10. The fourth-order valence-corrected chi connectivity index (χ4v) is 8.84. The second-order valence-corrected chi connectivity index (χ2v) is 12.3. The molecule has 4 aliphatic carbocycles. The van der Waals surface area contributed by atoms with Gasteiger partial charge in [-0.2, -0.15) is 0 Å². The van der Waals surface area contributed by atoms with E-state index in [0.29, 0.717) is 24.8 Å². The zero-order valence-corrected chi connectivity index (χ0v) is 22.3. The Balaban J connectivity index is 1.78. The first-order chi connectivity index (χ1) is 16.8. The lowest BCUT2D eigenvalue weighted by Gasteiger charge is -2.64. The highest BCUT2D eigenvalue weighted by Gasteiger charge is 2.76. The third-order valence-electron chi connectivity index (χ3n) is 10.1. The summed E-state index contributed by atoms with van der Waals surface area (Å²) in [5, 5.41) is 11.7. The highest BCUT2D eigenvalue weighted by Crippen LogP contribution is 2.72. The van der Waals surface area contributed by atoms with Gasteiger partial charge in [0.1, 0.15) is 0 Å². The van der Waals surface area contributed by atoms with Crippen LogP contribution in [0.3, 0.4) is 0 Å². The van der Waals surface area contributed by atoms with Crippen molar-refractivity contribution < 1.29 is 33.0 Å². The smallest absolute Gasteiger partial charge is 0.306 e. The van der Waals surface area contributed by atoms with Crippen LogP contribution >= 0.6 is 11.6 Å². The number of hydrogen-bond donors (Lipinski definition) is 1. The van der Waals surface area contributed by atoms with Crippen LogP contribution in [0.2, 0.25) is 0 Å². The number of hydrogen-bond acceptors (Lipinski definition) is 5.